The monoisotopic (exact) mass is 273 g/mol. The van der Waals surface area contributed by atoms with Crippen LogP contribution in [0.3, 0.4) is 0 Å². The van der Waals surface area contributed by atoms with Crippen molar-refractivity contribution in [1.29, 1.82) is 0 Å². The van der Waals surface area contributed by atoms with Gasteiger partial charge in [0.05, 0.1) is 31.3 Å². The Morgan fingerprint density at radius 1 is 1.50 bits per heavy atom. The third-order valence-corrected chi connectivity index (χ3v) is 4.34. The van der Waals surface area contributed by atoms with Crippen LogP contribution in [0.2, 0.25) is 0 Å². The lowest BCUT2D eigenvalue weighted by Crippen LogP contribution is -2.28. The topological polar surface area (TPSA) is 76.1 Å². The predicted molar refractivity (Wildman–Crippen MR) is 63.6 cm³/mol. The molecule has 0 saturated carbocycles. The van der Waals surface area contributed by atoms with Gasteiger partial charge >= 0.3 is 0 Å². The van der Waals surface area contributed by atoms with E-state index in [0.717, 1.165) is 10.0 Å². The Balaban J connectivity index is 2.33. The summed E-state index contributed by atoms with van der Waals surface area (Å²) in [6.07, 6.45) is -0.779. The summed E-state index contributed by atoms with van der Waals surface area (Å²) in [4.78, 5) is 5.07. The SMILES string of the molecule is COc1ccc(S(=O)(=O)N2CC(O)CO2)cc1C. The molecule has 1 atom stereocenters. The van der Waals surface area contributed by atoms with Gasteiger partial charge in [-0.25, -0.2) is 8.42 Å². The molecule has 1 saturated heterocycles. The predicted octanol–water partition coefficient (Wildman–Crippen LogP) is 0.300. The van der Waals surface area contributed by atoms with E-state index in [0.29, 0.717) is 5.75 Å². The Morgan fingerprint density at radius 3 is 2.72 bits per heavy atom. The molecular weight excluding hydrogens is 258 g/mol. The minimum Gasteiger partial charge on any atom is -0.496 e. The van der Waals surface area contributed by atoms with E-state index in [9.17, 15) is 13.5 Å². The zero-order valence-corrected chi connectivity index (χ0v) is 11.0. The van der Waals surface area contributed by atoms with Crippen LogP contribution in [0.15, 0.2) is 23.1 Å². The first-order valence-corrected chi connectivity index (χ1v) is 6.87. The molecule has 1 aliphatic heterocycles. The van der Waals surface area contributed by atoms with Gasteiger partial charge in [-0.3, -0.25) is 4.84 Å². The van der Waals surface area contributed by atoms with E-state index in [1.807, 2.05) is 0 Å². The lowest BCUT2D eigenvalue weighted by atomic mass is 10.2. The second-order valence-electron chi connectivity index (χ2n) is 4.07. The number of hydroxylamine groups is 1. The number of hydrogen-bond acceptors (Lipinski definition) is 5. The van der Waals surface area contributed by atoms with Crippen molar-refractivity contribution < 1.29 is 23.1 Å². The summed E-state index contributed by atoms with van der Waals surface area (Å²) in [6, 6.07) is 4.56. The summed E-state index contributed by atoms with van der Waals surface area (Å²) >= 11 is 0. The fraction of sp³-hybridized carbons (Fsp3) is 0.455. The number of benzene rings is 1. The smallest absolute Gasteiger partial charge is 0.265 e. The quantitative estimate of drug-likeness (QED) is 0.857. The minimum atomic E-state index is -3.72. The molecule has 1 aromatic rings. The highest BCUT2D eigenvalue weighted by Crippen LogP contribution is 2.25. The van der Waals surface area contributed by atoms with Gasteiger partial charge in [0.1, 0.15) is 5.75 Å². The van der Waals surface area contributed by atoms with Crippen molar-refractivity contribution in [3.8, 4) is 5.75 Å². The normalized spacial score (nSPS) is 21.2. The van der Waals surface area contributed by atoms with Crippen molar-refractivity contribution in [3.63, 3.8) is 0 Å². The maximum atomic E-state index is 12.2. The van der Waals surface area contributed by atoms with Crippen molar-refractivity contribution in [2.45, 2.75) is 17.9 Å². The fourth-order valence-corrected chi connectivity index (χ4v) is 3.11. The van der Waals surface area contributed by atoms with Gasteiger partial charge in [0.25, 0.3) is 10.0 Å². The van der Waals surface area contributed by atoms with Crippen molar-refractivity contribution in [1.82, 2.24) is 4.47 Å². The molecule has 0 radical (unpaired) electrons. The van der Waals surface area contributed by atoms with Crippen LogP contribution in [-0.4, -0.2) is 44.4 Å². The maximum Gasteiger partial charge on any atom is 0.265 e. The molecule has 1 heterocycles. The number of ether oxygens (including phenoxy) is 1. The molecule has 2 rings (SSSR count). The first-order valence-electron chi connectivity index (χ1n) is 5.43. The van der Waals surface area contributed by atoms with Gasteiger partial charge in [-0.15, -0.1) is 0 Å². The summed E-state index contributed by atoms with van der Waals surface area (Å²) in [6.45, 7) is 1.71. The summed E-state index contributed by atoms with van der Waals surface area (Å²) in [5, 5.41) is 9.30. The standard InChI is InChI=1S/C11H15NO5S/c1-8-5-10(3-4-11(8)16-2)18(14,15)12-6-9(13)7-17-12/h3-5,9,13H,6-7H2,1-2H3. The van der Waals surface area contributed by atoms with Crippen LogP contribution in [0, 0.1) is 6.92 Å². The highest BCUT2D eigenvalue weighted by atomic mass is 32.2. The highest BCUT2D eigenvalue weighted by Gasteiger charge is 2.33. The lowest BCUT2D eigenvalue weighted by Gasteiger charge is -2.15. The van der Waals surface area contributed by atoms with E-state index in [1.165, 1.54) is 19.2 Å². The van der Waals surface area contributed by atoms with Gasteiger partial charge in [0, 0.05) is 0 Å². The van der Waals surface area contributed by atoms with Crippen LogP contribution in [0.4, 0.5) is 0 Å². The molecule has 1 aliphatic rings. The van der Waals surface area contributed by atoms with Gasteiger partial charge in [-0.05, 0) is 30.7 Å². The van der Waals surface area contributed by atoms with Crippen LogP contribution >= 0.6 is 0 Å². The number of aryl methyl sites for hydroxylation is 1. The number of sulfonamides is 1. The molecule has 18 heavy (non-hydrogen) atoms. The molecule has 6 nitrogen and oxygen atoms in total. The molecule has 0 aliphatic carbocycles. The largest absolute Gasteiger partial charge is 0.496 e. The number of nitrogens with zero attached hydrogens (tertiary/aromatic N) is 1. The molecule has 0 bridgehead atoms. The average Bonchev–Trinajstić information content (AvgIpc) is 2.76. The van der Waals surface area contributed by atoms with Gasteiger partial charge in [0.15, 0.2) is 0 Å². The molecule has 100 valence electrons. The summed E-state index contributed by atoms with van der Waals surface area (Å²) in [7, 11) is -2.20. The van der Waals surface area contributed by atoms with Gasteiger partial charge < -0.3 is 9.84 Å². The van der Waals surface area contributed by atoms with E-state index < -0.39 is 16.1 Å². The number of methoxy groups -OCH3 is 1. The Labute approximate surface area is 106 Å². The molecule has 7 heteroatoms. The van der Waals surface area contributed by atoms with Crippen LogP contribution in [0.5, 0.6) is 5.75 Å². The number of hydrogen-bond donors (Lipinski definition) is 1. The van der Waals surface area contributed by atoms with Crippen LogP contribution in [0.25, 0.3) is 0 Å². The minimum absolute atomic E-state index is 0.00559. The van der Waals surface area contributed by atoms with E-state index in [2.05, 4.69) is 0 Å². The van der Waals surface area contributed by atoms with Gasteiger partial charge in [0.2, 0.25) is 0 Å². The highest BCUT2D eigenvalue weighted by molar-refractivity contribution is 7.89. The molecule has 1 unspecified atom stereocenters. The fourth-order valence-electron chi connectivity index (χ4n) is 1.74. The summed E-state index contributed by atoms with van der Waals surface area (Å²) in [5.41, 5.74) is 0.721. The number of rotatable bonds is 3. The molecule has 1 N–H and O–H groups in total. The van der Waals surface area contributed by atoms with E-state index in [4.69, 9.17) is 9.57 Å². The zero-order chi connectivity index (χ0) is 13.3. The number of aliphatic hydroxyl groups excluding tert-OH is 1. The van der Waals surface area contributed by atoms with E-state index in [1.54, 1.807) is 13.0 Å². The third-order valence-electron chi connectivity index (χ3n) is 2.70. The Morgan fingerprint density at radius 2 is 2.22 bits per heavy atom. The second-order valence-corrected chi connectivity index (χ2v) is 5.90. The number of aliphatic hydroxyl groups is 1. The van der Waals surface area contributed by atoms with Crippen molar-refractivity contribution in [2.75, 3.05) is 20.3 Å². The summed E-state index contributed by atoms with van der Waals surface area (Å²) in [5.74, 6) is 0.622. The van der Waals surface area contributed by atoms with E-state index in [-0.39, 0.29) is 18.0 Å². The molecule has 1 fully saturated rings. The Kier molecular flexibility index (Phi) is 3.58. The van der Waals surface area contributed by atoms with E-state index >= 15 is 0 Å². The van der Waals surface area contributed by atoms with Gasteiger partial charge in [-0.1, -0.05) is 4.47 Å². The lowest BCUT2D eigenvalue weighted by molar-refractivity contribution is -0.0316. The Bertz CT molecular complexity index is 542. The van der Waals surface area contributed by atoms with Crippen molar-refractivity contribution >= 4 is 10.0 Å². The molecule has 0 amide bonds. The van der Waals surface area contributed by atoms with Gasteiger partial charge in [-0.2, -0.15) is 0 Å². The van der Waals surface area contributed by atoms with Crippen molar-refractivity contribution in [3.05, 3.63) is 23.8 Å². The Hall–Kier alpha value is -1.15. The number of β-amino-alcohol motifs (C(OH)–C–C–N with tert-alkyl or cyclic N) is 1. The average molecular weight is 273 g/mol. The maximum absolute atomic E-state index is 12.2. The zero-order valence-electron chi connectivity index (χ0n) is 10.2. The molecule has 0 aromatic heterocycles. The third kappa shape index (κ3) is 2.35. The first-order chi connectivity index (χ1) is 8.45. The van der Waals surface area contributed by atoms with Crippen LogP contribution < -0.4 is 4.74 Å². The second kappa shape index (κ2) is 4.85. The summed E-state index contributed by atoms with van der Waals surface area (Å²) < 4.78 is 30.3. The van der Waals surface area contributed by atoms with Crippen LogP contribution in [-0.2, 0) is 14.9 Å². The molecular formula is C11H15NO5S. The van der Waals surface area contributed by atoms with Crippen molar-refractivity contribution in [2.24, 2.45) is 0 Å². The molecule has 1 aromatic carbocycles. The first kappa shape index (κ1) is 13.3. The molecule has 0 spiro atoms. The van der Waals surface area contributed by atoms with Crippen LogP contribution in [0.1, 0.15) is 5.56 Å².